The SMILES string of the molecule is CC(C)(C)C(=O)CS(=O)(=O)c1ccccc1F. The Morgan fingerprint density at radius 3 is 2.24 bits per heavy atom. The molecular weight excluding hydrogens is 243 g/mol. The van der Waals surface area contributed by atoms with Crippen LogP contribution < -0.4 is 0 Å². The summed E-state index contributed by atoms with van der Waals surface area (Å²) in [5.41, 5.74) is -0.752. The third-order valence-electron chi connectivity index (χ3n) is 2.33. The van der Waals surface area contributed by atoms with Gasteiger partial charge in [0.15, 0.2) is 15.6 Å². The van der Waals surface area contributed by atoms with Gasteiger partial charge in [-0.1, -0.05) is 32.9 Å². The Kier molecular flexibility index (Phi) is 3.71. The maximum atomic E-state index is 13.3. The monoisotopic (exact) mass is 258 g/mol. The van der Waals surface area contributed by atoms with E-state index in [4.69, 9.17) is 0 Å². The van der Waals surface area contributed by atoms with Crippen LogP contribution in [-0.4, -0.2) is 20.0 Å². The lowest BCUT2D eigenvalue weighted by atomic mass is 9.92. The highest BCUT2D eigenvalue weighted by Gasteiger charge is 2.29. The number of Topliss-reactive ketones (excluding diaryl/α,β-unsaturated/α-hetero) is 1. The molecule has 1 rings (SSSR count). The molecule has 0 saturated carbocycles. The van der Waals surface area contributed by atoms with Gasteiger partial charge in [0, 0.05) is 5.41 Å². The summed E-state index contributed by atoms with van der Waals surface area (Å²) < 4.78 is 37.0. The van der Waals surface area contributed by atoms with E-state index in [1.54, 1.807) is 20.8 Å². The van der Waals surface area contributed by atoms with Crippen molar-refractivity contribution in [3.05, 3.63) is 30.1 Å². The molecule has 0 saturated heterocycles. The second-order valence-corrected chi connectivity index (χ2v) is 6.82. The van der Waals surface area contributed by atoms with Crippen molar-refractivity contribution in [1.82, 2.24) is 0 Å². The Hall–Kier alpha value is -1.23. The number of benzene rings is 1. The lowest BCUT2D eigenvalue weighted by Gasteiger charge is -2.16. The average molecular weight is 258 g/mol. The third kappa shape index (κ3) is 3.36. The maximum absolute atomic E-state index is 13.3. The second-order valence-electron chi connectivity index (χ2n) is 4.86. The van der Waals surface area contributed by atoms with Crippen LogP contribution in [-0.2, 0) is 14.6 Å². The smallest absolute Gasteiger partial charge is 0.188 e. The molecule has 0 aliphatic carbocycles. The van der Waals surface area contributed by atoms with Crippen LogP contribution in [0.15, 0.2) is 29.2 Å². The molecule has 17 heavy (non-hydrogen) atoms. The summed E-state index contributed by atoms with van der Waals surface area (Å²) in [5, 5.41) is 0. The van der Waals surface area contributed by atoms with Crippen molar-refractivity contribution >= 4 is 15.6 Å². The zero-order valence-electron chi connectivity index (χ0n) is 10.0. The summed E-state index contributed by atoms with van der Waals surface area (Å²) in [7, 11) is -3.90. The lowest BCUT2D eigenvalue weighted by molar-refractivity contribution is -0.123. The van der Waals surface area contributed by atoms with Gasteiger partial charge in [0.2, 0.25) is 0 Å². The highest BCUT2D eigenvalue weighted by molar-refractivity contribution is 7.92. The second kappa shape index (κ2) is 4.56. The van der Waals surface area contributed by atoms with E-state index in [1.165, 1.54) is 18.2 Å². The van der Waals surface area contributed by atoms with Crippen LogP contribution in [0.2, 0.25) is 0 Å². The fourth-order valence-corrected chi connectivity index (χ4v) is 2.75. The predicted octanol–water partition coefficient (Wildman–Crippen LogP) is 2.21. The fourth-order valence-electron chi connectivity index (χ4n) is 1.16. The Bertz CT molecular complexity index is 527. The average Bonchev–Trinajstić information content (AvgIpc) is 2.15. The van der Waals surface area contributed by atoms with Crippen LogP contribution >= 0.6 is 0 Å². The highest BCUT2D eigenvalue weighted by atomic mass is 32.2. The molecule has 0 spiro atoms. The van der Waals surface area contributed by atoms with E-state index in [1.807, 2.05) is 0 Å². The van der Waals surface area contributed by atoms with Gasteiger partial charge >= 0.3 is 0 Å². The number of hydrogen-bond donors (Lipinski definition) is 0. The van der Waals surface area contributed by atoms with Crippen molar-refractivity contribution < 1.29 is 17.6 Å². The normalized spacial score (nSPS) is 12.5. The summed E-state index contributed by atoms with van der Waals surface area (Å²) in [6.45, 7) is 4.89. The Labute approximate surface area is 101 Å². The van der Waals surface area contributed by atoms with Crippen LogP contribution in [0.5, 0.6) is 0 Å². The molecule has 1 aromatic rings. The minimum Gasteiger partial charge on any atom is -0.298 e. The minimum absolute atomic E-state index is 0.419. The largest absolute Gasteiger partial charge is 0.298 e. The summed E-state index contributed by atoms with van der Waals surface area (Å²) in [5.74, 6) is -1.92. The Balaban J connectivity index is 3.07. The van der Waals surface area contributed by atoms with Gasteiger partial charge in [-0.3, -0.25) is 4.79 Å². The van der Waals surface area contributed by atoms with Gasteiger partial charge in [0.1, 0.15) is 16.5 Å². The molecule has 0 amide bonds. The molecule has 0 fully saturated rings. The molecule has 0 aliphatic heterocycles. The first-order valence-electron chi connectivity index (χ1n) is 5.15. The van der Waals surface area contributed by atoms with Gasteiger partial charge in [-0.15, -0.1) is 0 Å². The van der Waals surface area contributed by atoms with Crippen molar-refractivity contribution in [2.75, 3.05) is 5.75 Å². The van der Waals surface area contributed by atoms with Gasteiger partial charge in [0.05, 0.1) is 0 Å². The topological polar surface area (TPSA) is 51.2 Å². The van der Waals surface area contributed by atoms with Crippen LogP contribution in [0.3, 0.4) is 0 Å². The van der Waals surface area contributed by atoms with E-state index in [2.05, 4.69) is 0 Å². The van der Waals surface area contributed by atoms with Gasteiger partial charge in [-0.2, -0.15) is 0 Å². The van der Waals surface area contributed by atoms with E-state index in [-0.39, 0.29) is 0 Å². The molecule has 94 valence electrons. The van der Waals surface area contributed by atoms with Gasteiger partial charge in [-0.05, 0) is 12.1 Å². The summed E-state index contributed by atoms with van der Waals surface area (Å²) >= 11 is 0. The molecule has 3 nitrogen and oxygen atoms in total. The standard InChI is InChI=1S/C12H15FO3S/c1-12(2,3)11(14)8-17(15,16)10-7-5-4-6-9(10)13/h4-7H,8H2,1-3H3. The zero-order chi connectivity index (χ0) is 13.3. The van der Waals surface area contributed by atoms with Crippen LogP contribution in [0.1, 0.15) is 20.8 Å². The Morgan fingerprint density at radius 2 is 1.76 bits per heavy atom. The van der Waals surface area contributed by atoms with Crippen molar-refractivity contribution in [3.8, 4) is 0 Å². The van der Waals surface area contributed by atoms with Crippen LogP contribution in [0, 0.1) is 11.2 Å². The van der Waals surface area contributed by atoms with E-state index >= 15 is 0 Å². The quantitative estimate of drug-likeness (QED) is 0.835. The van der Waals surface area contributed by atoms with Crippen molar-refractivity contribution in [2.45, 2.75) is 25.7 Å². The molecule has 0 radical (unpaired) electrons. The van der Waals surface area contributed by atoms with Crippen molar-refractivity contribution in [3.63, 3.8) is 0 Å². The number of halogens is 1. The van der Waals surface area contributed by atoms with E-state index in [0.717, 1.165) is 6.07 Å². The summed E-state index contributed by atoms with van der Waals surface area (Å²) in [4.78, 5) is 11.2. The van der Waals surface area contributed by atoms with Gasteiger partial charge in [0.25, 0.3) is 0 Å². The van der Waals surface area contributed by atoms with E-state index in [0.29, 0.717) is 0 Å². The number of ketones is 1. The van der Waals surface area contributed by atoms with Gasteiger partial charge in [-0.25, -0.2) is 12.8 Å². The molecule has 0 aliphatic rings. The fraction of sp³-hybridized carbons (Fsp3) is 0.417. The molecular formula is C12H15FO3S. The molecule has 1 aromatic carbocycles. The first-order chi connectivity index (χ1) is 7.64. The minimum atomic E-state index is -3.90. The van der Waals surface area contributed by atoms with E-state index in [9.17, 15) is 17.6 Å². The molecule has 0 atom stereocenters. The maximum Gasteiger partial charge on any atom is 0.188 e. The molecule has 0 heterocycles. The molecule has 0 unspecified atom stereocenters. The number of hydrogen-bond acceptors (Lipinski definition) is 3. The van der Waals surface area contributed by atoms with Crippen LogP contribution in [0.25, 0.3) is 0 Å². The first-order valence-corrected chi connectivity index (χ1v) is 6.80. The molecule has 0 aromatic heterocycles. The van der Waals surface area contributed by atoms with E-state index < -0.39 is 37.5 Å². The summed E-state index contributed by atoms with van der Waals surface area (Å²) in [6, 6.07) is 5.06. The number of rotatable bonds is 3. The predicted molar refractivity (Wildman–Crippen MR) is 62.9 cm³/mol. The van der Waals surface area contributed by atoms with Gasteiger partial charge < -0.3 is 0 Å². The number of carbonyl (C=O) groups is 1. The third-order valence-corrected chi connectivity index (χ3v) is 3.97. The van der Waals surface area contributed by atoms with Crippen molar-refractivity contribution in [2.24, 2.45) is 5.41 Å². The highest BCUT2D eigenvalue weighted by Crippen LogP contribution is 2.20. The molecule has 0 bridgehead atoms. The summed E-state index contributed by atoms with van der Waals surface area (Å²) in [6.07, 6.45) is 0. The zero-order valence-corrected chi connectivity index (χ0v) is 10.8. The van der Waals surface area contributed by atoms with Crippen LogP contribution in [0.4, 0.5) is 4.39 Å². The molecule has 0 N–H and O–H groups in total. The Morgan fingerprint density at radius 1 is 1.24 bits per heavy atom. The first kappa shape index (κ1) is 13.8. The molecule has 5 heteroatoms. The van der Waals surface area contributed by atoms with Crippen molar-refractivity contribution in [1.29, 1.82) is 0 Å². The number of sulfone groups is 1. The number of carbonyl (C=O) groups excluding carboxylic acids is 1. The lowest BCUT2D eigenvalue weighted by Crippen LogP contribution is -2.28.